The van der Waals surface area contributed by atoms with E-state index in [-0.39, 0.29) is 11.7 Å². The summed E-state index contributed by atoms with van der Waals surface area (Å²) < 4.78 is 6.42. The van der Waals surface area contributed by atoms with Crippen molar-refractivity contribution in [2.24, 2.45) is 0 Å². The molecule has 0 radical (unpaired) electrons. The van der Waals surface area contributed by atoms with Gasteiger partial charge in [-0.25, -0.2) is 9.48 Å². The highest BCUT2D eigenvalue weighted by atomic mass is 32.1. The molecule has 1 aliphatic rings. The van der Waals surface area contributed by atoms with Gasteiger partial charge < -0.3 is 9.64 Å². The van der Waals surface area contributed by atoms with Crippen LogP contribution in [0.2, 0.25) is 0 Å². The molecule has 0 N–H and O–H groups in total. The molecule has 0 unspecified atom stereocenters. The Kier molecular flexibility index (Phi) is 4.56. The molecule has 3 rings (SSSR count). The third-order valence-corrected chi connectivity index (χ3v) is 5.15. The van der Waals surface area contributed by atoms with Crippen LogP contribution in [0.4, 0.5) is 5.13 Å². The molecule has 9 heteroatoms. The summed E-state index contributed by atoms with van der Waals surface area (Å²) in [6.45, 7) is 5.98. The maximum Gasteiger partial charge on any atom is 0.360 e. The fourth-order valence-electron chi connectivity index (χ4n) is 2.59. The van der Waals surface area contributed by atoms with Crippen LogP contribution in [0.5, 0.6) is 0 Å². The van der Waals surface area contributed by atoms with Crippen molar-refractivity contribution in [3.8, 4) is 0 Å². The van der Waals surface area contributed by atoms with Gasteiger partial charge in [-0.2, -0.15) is 0 Å². The molecule has 124 valence electrons. The summed E-state index contributed by atoms with van der Waals surface area (Å²) in [4.78, 5) is 13.7. The van der Waals surface area contributed by atoms with Crippen LogP contribution < -0.4 is 4.90 Å². The molecule has 0 bridgehead atoms. The van der Waals surface area contributed by atoms with Gasteiger partial charge in [0.15, 0.2) is 5.69 Å². The molecule has 1 saturated heterocycles. The van der Waals surface area contributed by atoms with Gasteiger partial charge in [-0.3, -0.25) is 0 Å². The van der Waals surface area contributed by atoms with Crippen molar-refractivity contribution in [3.63, 3.8) is 0 Å². The molecule has 0 aliphatic carbocycles. The lowest BCUT2D eigenvalue weighted by atomic mass is 10.1. The van der Waals surface area contributed by atoms with Gasteiger partial charge in [-0.15, -0.1) is 15.3 Å². The van der Waals surface area contributed by atoms with E-state index in [1.54, 1.807) is 22.2 Å². The quantitative estimate of drug-likeness (QED) is 0.788. The van der Waals surface area contributed by atoms with E-state index in [0.29, 0.717) is 5.92 Å². The lowest BCUT2D eigenvalue weighted by Crippen LogP contribution is -2.36. The van der Waals surface area contributed by atoms with Crippen LogP contribution in [0, 0.1) is 0 Å². The van der Waals surface area contributed by atoms with Gasteiger partial charge in [0.05, 0.1) is 19.3 Å². The van der Waals surface area contributed by atoms with Crippen LogP contribution in [-0.2, 0) is 4.74 Å². The van der Waals surface area contributed by atoms with E-state index in [1.165, 1.54) is 7.11 Å². The monoisotopic (exact) mass is 336 g/mol. The van der Waals surface area contributed by atoms with E-state index < -0.39 is 5.97 Å². The number of nitrogens with zero attached hydrogens (tertiary/aromatic N) is 6. The van der Waals surface area contributed by atoms with Crippen molar-refractivity contribution >= 4 is 22.4 Å². The van der Waals surface area contributed by atoms with Gasteiger partial charge in [0.2, 0.25) is 5.13 Å². The van der Waals surface area contributed by atoms with Gasteiger partial charge in [0, 0.05) is 19.0 Å². The predicted molar refractivity (Wildman–Crippen MR) is 85.8 cm³/mol. The number of rotatable bonds is 4. The van der Waals surface area contributed by atoms with Crippen molar-refractivity contribution in [1.29, 1.82) is 0 Å². The van der Waals surface area contributed by atoms with E-state index in [9.17, 15) is 4.79 Å². The van der Waals surface area contributed by atoms with Crippen LogP contribution in [-0.4, -0.2) is 51.4 Å². The number of methoxy groups -OCH3 is 1. The number of carbonyl (C=O) groups excluding carboxylic acids is 1. The predicted octanol–water partition coefficient (Wildman–Crippen LogP) is 1.88. The molecule has 0 amide bonds. The molecular formula is C14H20N6O2S. The van der Waals surface area contributed by atoms with E-state index in [4.69, 9.17) is 0 Å². The largest absolute Gasteiger partial charge is 0.464 e. The molecule has 1 fully saturated rings. The Bertz CT molecular complexity index is 682. The number of aromatic nitrogens is 5. The molecule has 2 aromatic heterocycles. The summed E-state index contributed by atoms with van der Waals surface area (Å²) in [6.07, 6.45) is 3.69. The molecule has 1 aliphatic heterocycles. The summed E-state index contributed by atoms with van der Waals surface area (Å²) >= 11 is 1.64. The lowest BCUT2D eigenvalue weighted by Gasteiger charge is -2.31. The fraction of sp³-hybridized carbons (Fsp3) is 0.643. The topological polar surface area (TPSA) is 86.0 Å². The van der Waals surface area contributed by atoms with Crippen LogP contribution >= 0.6 is 11.3 Å². The number of anilines is 1. The van der Waals surface area contributed by atoms with Gasteiger partial charge >= 0.3 is 5.97 Å². The Morgan fingerprint density at radius 1 is 1.39 bits per heavy atom. The first-order valence-corrected chi connectivity index (χ1v) is 8.48. The second kappa shape index (κ2) is 6.61. The molecule has 23 heavy (non-hydrogen) atoms. The normalized spacial score (nSPS) is 18.4. The highest BCUT2D eigenvalue weighted by Gasteiger charge is 2.26. The van der Waals surface area contributed by atoms with Crippen LogP contribution in [0.15, 0.2) is 6.20 Å². The smallest absolute Gasteiger partial charge is 0.360 e. The van der Waals surface area contributed by atoms with Crippen LogP contribution in [0.1, 0.15) is 54.1 Å². The third-order valence-electron chi connectivity index (χ3n) is 3.87. The summed E-state index contributed by atoms with van der Waals surface area (Å²) in [5.41, 5.74) is 0.239. The zero-order valence-corrected chi connectivity index (χ0v) is 14.3. The number of carbonyl (C=O) groups is 1. The Morgan fingerprint density at radius 2 is 2.22 bits per heavy atom. The van der Waals surface area contributed by atoms with E-state index >= 15 is 0 Å². The summed E-state index contributed by atoms with van der Waals surface area (Å²) in [5, 5.41) is 18.5. The van der Waals surface area contributed by atoms with E-state index in [2.05, 4.69) is 44.0 Å². The average Bonchev–Trinajstić information content (AvgIpc) is 3.23. The number of hydrogen-bond donors (Lipinski definition) is 0. The molecule has 1 atom stereocenters. The number of hydrogen-bond acceptors (Lipinski definition) is 8. The fourth-order valence-corrected chi connectivity index (χ4v) is 3.47. The summed E-state index contributed by atoms with van der Waals surface area (Å²) in [7, 11) is 1.34. The first kappa shape index (κ1) is 15.9. The minimum atomic E-state index is -0.463. The van der Waals surface area contributed by atoms with Crippen molar-refractivity contribution < 1.29 is 9.53 Å². The minimum Gasteiger partial charge on any atom is -0.464 e. The Hall–Kier alpha value is -2.03. The number of piperidine rings is 1. The minimum absolute atomic E-state index is 0.168. The molecule has 0 aromatic carbocycles. The second-order valence-electron chi connectivity index (χ2n) is 5.90. The van der Waals surface area contributed by atoms with E-state index in [0.717, 1.165) is 36.1 Å². The molecule has 0 spiro atoms. The van der Waals surface area contributed by atoms with Crippen molar-refractivity contribution in [2.75, 3.05) is 25.1 Å². The third kappa shape index (κ3) is 3.34. The highest BCUT2D eigenvalue weighted by Crippen LogP contribution is 2.30. The average molecular weight is 336 g/mol. The standard InChI is InChI=1S/C14H20N6O2S/c1-9(2)12-16-17-14(23-12)19-6-4-5-10(7-19)20-8-11(15-18-20)13(21)22-3/h8-10H,4-7H2,1-3H3/t10-/m0/s1. The number of ether oxygens (including phenoxy) is 1. The van der Waals surface area contributed by atoms with Crippen LogP contribution in [0.3, 0.4) is 0 Å². The van der Waals surface area contributed by atoms with Gasteiger partial charge in [-0.1, -0.05) is 30.4 Å². The van der Waals surface area contributed by atoms with Crippen molar-refractivity contribution in [3.05, 3.63) is 16.9 Å². The van der Waals surface area contributed by atoms with Gasteiger partial charge in [0.25, 0.3) is 0 Å². The first-order valence-electron chi connectivity index (χ1n) is 7.67. The lowest BCUT2D eigenvalue weighted by molar-refractivity contribution is 0.0594. The van der Waals surface area contributed by atoms with Crippen LogP contribution in [0.25, 0.3) is 0 Å². The maximum absolute atomic E-state index is 11.5. The molecular weight excluding hydrogens is 316 g/mol. The maximum atomic E-state index is 11.5. The molecule has 8 nitrogen and oxygen atoms in total. The highest BCUT2D eigenvalue weighted by molar-refractivity contribution is 7.15. The van der Waals surface area contributed by atoms with Gasteiger partial charge in [0.1, 0.15) is 5.01 Å². The molecule has 0 saturated carbocycles. The summed E-state index contributed by atoms with van der Waals surface area (Å²) in [6, 6.07) is 0.168. The zero-order valence-electron chi connectivity index (χ0n) is 13.5. The van der Waals surface area contributed by atoms with Gasteiger partial charge in [-0.05, 0) is 12.8 Å². The van der Waals surface area contributed by atoms with Crippen molar-refractivity contribution in [2.45, 2.75) is 38.6 Å². The zero-order chi connectivity index (χ0) is 16.4. The Labute approximate surface area is 138 Å². The Balaban J connectivity index is 1.72. The van der Waals surface area contributed by atoms with Crippen molar-refractivity contribution in [1.82, 2.24) is 25.2 Å². The second-order valence-corrected chi connectivity index (χ2v) is 6.88. The Morgan fingerprint density at radius 3 is 2.91 bits per heavy atom. The molecule has 3 heterocycles. The number of esters is 1. The summed E-state index contributed by atoms with van der Waals surface area (Å²) in [5.74, 6) is -0.0746. The first-order chi connectivity index (χ1) is 11.1. The SMILES string of the molecule is COC(=O)c1cn([C@H]2CCCN(c3nnc(C(C)C)s3)C2)nn1. The molecule has 2 aromatic rings. The van der Waals surface area contributed by atoms with E-state index in [1.807, 2.05) is 0 Å².